The quantitative estimate of drug-likeness (QED) is 0.690. The minimum absolute atomic E-state index is 0.215. The van der Waals surface area contributed by atoms with Gasteiger partial charge >= 0.3 is 6.09 Å². The van der Waals surface area contributed by atoms with Crippen molar-refractivity contribution in [2.24, 2.45) is 5.92 Å². The zero-order valence-electron chi connectivity index (χ0n) is 16.1. The molecular weight excluding hydrogens is 346 g/mol. The van der Waals surface area contributed by atoms with Gasteiger partial charge in [0.1, 0.15) is 17.2 Å². The molecule has 2 aromatic heterocycles. The lowest BCUT2D eigenvalue weighted by molar-refractivity contribution is -0.119. The summed E-state index contributed by atoms with van der Waals surface area (Å²) in [7, 11) is 0. The van der Waals surface area contributed by atoms with Crippen molar-refractivity contribution in [2.75, 3.05) is 18.4 Å². The number of pyridine rings is 1. The van der Waals surface area contributed by atoms with Gasteiger partial charge in [-0.15, -0.1) is 5.10 Å². The number of carbonyl (C=O) groups excluding carboxylic acids is 2. The third-order valence-corrected chi connectivity index (χ3v) is 4.10. The molecule has 0 saturated heterocycles. The number of rotatable bonds is 8. The predicted octanol–water partition coefficient (Wildman–Crippen LogP) is 2.58. The number of nitrogens with one attached hydrogen (secondary N) is 2. The Morgan fingerprint density at radius 1 is 1.26 bits per heavy atom. The number of hydrogen-bond donors (Lipinski definition) is 2. The number of alkyl carbamates (subject to hydrolysis) is 1. The maximum Gasteiger partial charge on any atom is 0.407 e. The number of hydrogen-bond acceptors (Lipinski definition) is 6. The fraction of sp³-hybridized carbons (Fsp3) is 0.579. The Morgan fingerprint density at radius 2 is 2.04 bits per heavy atom. The van der Waals surface area contributed by atoms with Gasteiger partial charge in [-0.2, -0.15) is 4.52 Å². The molecule has 1 aliphatic rings. The van der Waals surface area contributed by atoms with Crippen LogP contribution in [0.2, 0.25) is 0 Å². The Morgan fingerprint density at radius 3 is 2.74 bits per heavy atom. The topological polar surface area (TPSA) is 97.6 Å². The van der Waals surface area contributed by atoms with Crippen molar-refractivity contribution < 1.29 is 14.3 Å². The molecule has 0 aromatic carbocycles. The molecule has 8 nitrogen and oxygen atoms in total. The van der Waals surface area contributed by atoms with Gasteiger partial charge in [-0.05, 0) is 52.2 Å². The zero-order chi connectivity index (χ0) is 19.4. The van der Waals surface area contributed by atoms with Gasteiger partial charge in [-0.3, -0.25) is 4.79 Å². The number of anilines is 1. The van der Waals surface area contributed by atoms with E-state index in [4.69, 9.17) is 4.74 Å². The van der Waals surface area contributed by atoms with E-state index in [-0.39, 0.29) is 11.7 Å². The number of Topliss-reactive ketones (excluding diaryl/α,β-unsaturated/α-hetero) is 1. The van der Waals surface area contributed by atoms with E-state index in [9.17, 15) is 9.59 Å². The summed E-state index contributed by atoms with van der Waals surface area (Å²) in [6.45, 7) is 6.67. The van der Waals surface area contributed by atoms with Gasteiger partial charge < -0.3 is 15.4 Å². The molecule has 3 rings (SSSR count). The lowest BCUT2D eigenvalue weighted by Gasteiger charge is -2.19. The van der Waals surface area contributed by atoms with E-state index in [0.717, 1.165) is 25.1 Å². The molecule has 1 amide bonds. The SMILES string of the molecule is CC(C)(C)OC(=O)NCCCNc1cccc2nc(CC(=O)C3CC3)nn12. The Labute approximate surface area is 158 Å². The first-order valence-corrected chi connectivity index (χ1v) is 9.40. The van der Waals surface area contributed by atoms with Crippen LogP contribution in [0.5, 0.6) is 0 Å². The van der Waals surface area contributed by atoms with Gasteiger partial charge in [0.25, 0.3) is 0 Å². The number of ether oxygens (including phenoxy) is 1. The molecule has 0 aliphatic heterocycles. The minimum atomic E-state index is -0.496. The van der Waals surface area contributed by atoms with Crippen LogP contribution in [-0.4, -0.2) is 45.2 Å². The largest absolute Gasteiger partial charge is 0.444 e. The van der Waals surface area contributed by atoms with Gasteiger partial charge in [-0.1, -0.05) is 6.07 Å². The summed E-state index contributed by atoms with van der Waals surface area (Å²) in [5, 5.41) is 10.5. The maximum atomic E-state index is 12.0. The lowest BCUT2D eigenvalue weighted by Crippen LogP contribution is -2.33. The standard InChI is InChI=1S/C19H27N5O3/c1-19(2,3)27-18(26)21-11-5-10-20-16-6-4-7-17-22-15(23-24(16)17)12-14(25)13-8-9-13/h4,6-7,13,20H,5,8-12H2,1-3H3,(H,21,26). The smallest absolute Gasteiger partial charge is 0.407 e. The van der Waals surface area contributed by atoms with Crippen molar-refractivity contribution in [1.29, 1.82) is 0 Å². The fourth-order valence-corrected chi connectivity index (χ4v) is 2.67. The van der Waals surface area contributed by atoms with E-state index in [0.29, 0.717) is 31.0 Å². The van der Waals surface area contributed by atoms with Crippen molar-refractivity contribution in [3.05, 3.63) is 24.0 Å². The fourth-order valence-electron chi connectivity index (χ4n) is 2.67. The van der Waals surface area contributed by atoms with E-state index in [1.54, 1.807) is 4.52 Å². The van der Waals surface area contributed by atoms with Gasteiger partial charge in [0.2, 0.25) is 0 Å². The highest BCUT2D eigenvalue weighted by atomic mass is 16.6. The Kier molecular flexibility index (Phi) is 5.62. The Hall–Kier alpha value is -2.64. The number of fused-ring (bicyclic) bond motifs is 1. The highest BCUT2D eigenvalue weighted by Gasteiger charge is 2.30. The Balaban J connectivity index is 1.49. The number of aromatic nitrogens is 3. The number of nitrogens with zero attached hydrogens (tertiary/aromatic N) is 3. The summed E-state index contributed by atoms with van der Waals surface area (Å²) in [6, 6.07) is 5.68. The molecule has 0 bridgehead atoms. The molecule has 0 radical (unpaired) electrons. The molecule has 2 aromatic rings. The van der Waals surface area contributed by atoms with Gasteiger partial charge in [0, 0.05) is 19.0 Å². The van der Waals surface area contributed by atoms with Crippen LogP contribution in [0.4, 0.5) is 10.6 Å². The second-order valence-electron chi connectivity index (χ2n) is 7.84. The second kappa shape index (κ2) is 7.94. The highest BCUT2D eigenvalue weighted by Crippen LogP contribution is 2.30. The summed E-state index contributed by atoms with van der Waals surface area (Å²) < 4.78 is 6.91. The van der Waals surface area contributed by atoms with Gasteiger partial charge in [0.15, 0.2) is 11.5 Å². The van der Waals surface area contributed by atoms with E-state index in [1.165, 1.54) is 0 Å². The van der Waals surface area contributed by atoms with Crippen molar-refractivity contribution >= 4 is 23.3 Å². The molecule has 0 unspecified atom stereocenters. The van der Waals surface area contributed by atoms with Crippen LogP contribution in [0.15, 0.2) is 18.2 Å². The van der Waals surface area contributed by atoms with E-state index in [1.807, 2.05) is 39.0 Å². The first-order chi connectivity index (χ1) is 12.8. The normalized spacial score (nSPS) is 14.2. The van der Waals surface area contributed by atoms with Crippen LogP contribution in [-0.2, 0) is 16.0 Å². The molecule has 1 saturated carbocycles. The summed E-state index contributed by atoms with van der Waals surface area (Å²) >= 11 is 0. The van der Waals surface area contributed by atoms with Crippen molar-refractivity contribution in [3.8, 4) is 0 Å². The van der Waals surface area contributed by atoms with E-state index >= 15 is 0 Å². The highest BCUT2D eigenvalue weighted by molar-refractivity contribution is 5.84. The van der Waals surface area contributed by atoms with Crippen LogP contribution in [0.3, 0.4) is 0 Å². The van der Waals surface area contributed by atoms with Gasteiger partial charge in [-0.25, -0.2) is 9.78 Å². The van der Waals surface area contributed by atoms with Crippen LogP contribution in [0.1, 0.15) is 45.9 Å². The molecule has 2 heterocycles. The molecule has 0 atom stereocenters. The summed E-state index contributed by atoms with van der Waals surface area (Å²) in [5.74, 6) is 1.82. The third-order valence-electron chi connectivity index (χ3n) is 4.10. The van der Waals surface area contributed by atoms with Crippen LogP contribution < -0.4 is 10.6 Å². The number of carbonyl (C=O) groups is 2. The van der Waals surface area contributed by atoms with Crippen LogP contribution >= 0.6 is 0 Å². The summed E-state index contributed by atoms with van der Waals surface area (Å²) in [6.07, 6.45) is 2.61. The molecule has 8 heteroatoms. The number of amides is 1. The van der Waals surface area contributed by atoms with Crippen molar-refractivity contribution in [3.63, 3.8) is 0 Å². The molecule has 27 heavy (non-hydrogen) atoms. The van der Waals surface area contributed by atoms with Crippen molar-refractivity contribution in [1.82, 2.24) is 19.9 Å². The molecular formula is C19H27N5O3. The van der Waals surface area contributed by atoms with Crippen molar-refractivity contribution in [2.45, 2.75) is 52.1 Å². The van der Waals surface area contributed by atoms with Crippen LogP contribution in [0, 0.1) is 5.92 Å². The molecule has 1 aliphatic carbocycles. The van der Waals surface area contributed by atoms with E-state index in [2.05, 4.69) is 20.7 Å². The van der Waals surface area contributed by atoms with Gasteiger partial charge in [0.05, 0.1) is 6.42 Å². The first kappa shape index (κ1) is 19.1. The lowest BCUT2D eigenvalue weighted by atomic mass is 10.2. The monoisotopic (exact) mass is 373 g/mol. The average Bonchev–Trinajstić information content (AvgIpc) is 3.34. The molecule has 0 spiro atoms. The third kappa shape index (κ3) is 5.67. The molecule has 2 N–H and O–H groups in total. The second-order valence-corrected chi connectivity index (χ2v) is 7.84. The van der Waals surface area contributed by atoms with Crippen LogP contribution in [0.25, 0.3) is 5.65 Å². The molecule has 146 valence electrons. The summed E-state index contributed by atoms with van der Waals surface area (Å²) in [5.41, 5.74) is 0.217. The predicted molar refractivity (Wildman–Crippen MR) is 102 cm³/mol. The Bertz CT molecular complexity index is 820. The maximum absolute atomic E-state index is 12.0. The minimum Gasteiger partial charge on any atom is -0.444 e. The van der Waals surface area contributed by atoms with E-state index < -0.39 is 11.7 Å². The number of ketones is 1. The zero-order valence-corrected chi connectivity index (χ0v) is 16.1. The first-order valence-electron chi connectivity index (χ1n) is 9.40. The average molecular weight is 373 g/mol. The summed E-state index contributed by atoms with van der Waals surface area (Å²) in [4.78, 5) is 28.0. The molecule has 1 fully saturated rings.